The first-order chi connectivity index (χ1) is 9.74. The van der Waals surface area contributed by atoms with Crippen LogP contribution in [-0.4, -0.2) is 43.7 Å². The zero-order valence-corrected chi connectivity index (χ0v) is 13.1. The fraction of sp³-hybridized carbons (Fsp3) is 0.615. The van der Waals surface area contributed by atoms with Crippen LogP contribution in [0.4, 0.5) is 0 Å². The Bertz CT molecular complexity index is 644. The number of aromatic nitrogens is 1. The van der Waals surface area contributed by atoms with Crippen LogP contribution in [0, 0.1) is 19.8 Å². The van der Waals surface area contributed by atoms with E-state index in [-0.39, 0.29) is 28.1 Å². The highest BCUT2D eigenvalue weighted by atomic mass is 32.2. The van der Waals surface area contributed by atoms with E-state index in [0.29, 0.717) is 18.9 Å². The Morgan fingerprint density at radius 3 is 2.62 bits per heavy atom. The summed E-state index contributed by atoms with van der Waals surface area (Å²) >= 11 is 0. The van der Waals surface area contributed by atoms with Crippen LogP contribution >= 0.6 is 0 Å². The Labute approximate surface area is 123 Å². The molecule has 0 spiro atoms. The van der Waals surface area contributed by atoms with E-state index in [1.807, 2.05) is 0 Å². The van der Waals surface area contributed by atoms with Gasteiger partial charge < -0.3 is 14.8 Å². The molecular weight excluding hydrogens is 296 g/mol. The Kier molecular flexibility index (Phi) is 4.40. The number of rotatable bonds is 5. The smallest absolute Gasteiger partial charge is 0.352 e. The molecule has 1 aliphatic heterocycles. The molecule has 1 aromatic heterocycles. The number of nitrogens with one attached hydrogen (secondary N) is 2. The normalized spacial score (nSPS) is 20.6. The third kappa shape index (κ3) is 3.12. The highest BCUT2D eigenvalue weighted by Gasteiger charge is 2.31. The summed E-state index contributed by atoms with van der Waals surface area (Å²) in [5.41, 5.74) is 0.458. The number of carboxylic acid groups (broad SMARTS) is 1. The summed E-state index contributed by atoms with van der Waals surface area (Å²) in [6.07, 6.45) is 0.815. The predicted molar refractivity (Wildman–Crippen MR) is 75.9 cm³/mol. The zero-order chi connectivity index (χ0) is 15.8. The lowest BCUT2D eigenvalue weighted by molar-refractivity contribution is 0.0690. The quantitative estimate of drug-likeness (QED) is 0.752. The summed E-state index contributed by atoms with van der Waals surface area (Å²) in [6.45, 7) is 6.02. The van der Waals surface area contributed by atoms with Gasteiger partial charge >= 0.3 is 5.97 Å². The Balaban J connectivity index is 2.29. The lowest BCUT2D eigenvalue weighted by atomic mass is 10.0. The summed E-state index contributed by atoms with van der Waals surface area (Å²) in [6, 6.07) is -0.264. The van der Waals surface area contributed by atoms with Crippen molar-refractivity contribution in [3.63, 3.8) is 0 Å². The molecule has 2 atom stereocenters. The summed E-state index contributed by atoms with van der Waals surface area (Å²) < 4.78 is 32.9. The minimum absolute atomic E-state index is 0.0191. The molecule has 7 nitrogen and oxygen atoms in total. The van der Waals surface area contributed by atoms with E-state index >= 15 is 0 Å². The van der Waals surface area contributed by atoms with Crippen LogP contribution in [0.2, 0.25) is 0 Å². The number of sulfonamides is 1. The van der Waals surface area contributed by atoms with E-state index in [0.717, 1.165) is 6.42 Å². The molecular formula is C13H20N2O5S. The second-order valence-corrected chi connectivity index (χ2v) is 7.07. The van der Waals surface area contributed by atoms with Gasteiger partial charge in [-0.1, -0.05) is 0 Å². The minimum Gasteiger partial charge on any atom is -0.477 e. The molecule has 118 valence electrons. The van der Waals surface area contributed by atoms with Gasteiger partial charge in [-0.25, -0.2) is 17.9 Å². The fourth-order valence-corrected chi connectivity index (χ4v) is 4.46. The average molecular weight is 316 g/mol. The van der Waals surface area contributed by atoms with Gasteiger partial charge in [-0.3, -0.25) is 0 Å². The number of ether oxygens (including phenoxy) is 1. The second-order valence-electron chi connectivity index (χ2n) is 5.42. The molecule has 21 heavy (non-hydrogen) atoms. The predicted octanol–water partition coefficient (Wildman–Crippen LogP) is 1.03. The maximum absolute atomic E-state index is 12.5. The molecule has 3 N–H and O–H groups in total. The van der Waals surface area contributed by atoms with Crippen molar-refractivity contribution in [3.05, 3.63) is 17.0 Å². The van der Waals surface area contributed by atoms with Gasteiger partial charge in [0.15, 0.2) is 0 Å². The van der Waals surface area contributed by atoms with E-state index in [2.05, 4.69) is 9.71 Å². The Morgan fingerprint density at radius 1 is 1.48 bits per heavy atom. The first-order valence-electron chi connectivity index (χ1n) is 6.76. The van der Waals surface area contributed by atoms with Crippen LogP contribution < -0.4 is 4.72 Å². The SMILES string of the molecule is Cc1[nH]c(C(=O)O)c(C)c1S(=O)(=O)NC(C)C1CCOC1. The summed E-state index contributed by atoms with van der Waals surface area (Å²) in [5, 5.41) is 9.06. The van der Waals surface area contributed by atoms with Gasteiger partial charge in [0, 0.05) is 29.8 Å². The van der Waals surface area contributed by atoms with E-state index in [1.54, 1.807) is 13.8 Å². The fourth-order valence-electron chi connectivity index (χ4n) is 2.70. The van der Waals surface area contributed by atoms with Crippen LogP contribution in [0.25, 0.3) is 0 Å². The number of hydrogen-bond donors (Lipinski definition) is 3. The van der Waals surface area contributed by atoms with Gasteiger partial charge in [-0.15, -0.1) is 0 Å². The molecule has 0 amide bonds. The summed E-state index contributed by atoms with van der Waals surface area (Å²) in [7, 11) is -3.77. The van der Waals surface area contributed by atoms with Gasteiger partial charge in [0.25, 0.3) is 0 Å². The number of aryl methyl sites for hydroxylation is 1. The summed E-state index contributed by atoms with van der Waals surface area (Å²) in [4.78, 5) is 13.7. The first kappa shape index (κ1) is 16.0. The number of carboxylic acids is 1. The molecule has 0 bridgehead atoms. The molecule has 2 unspecified atom stereocenters. The molecule has 0 radical (unpaired) electrons. The molecule has 0 aromatic carbocycles. The Hall–Kier alpha value is -1.38. The number of aromatic amines is 1. The van der Waals surface area contributed by atoms with Crippen molar-refractivity contribution in [2.24, 2.45) is 5.92 Å². The average Bonchev–Trinajstić information content (AvgIpc) is 2.96. The van der Waals surface area contributed by atoms with E-state index in [9.17, 15) is 13.2 Å². The van der Waals surface area contributed by atoms with E-state index in [4.69, 9.17) is 9.84 Å². The molecule has 0 aliphatic carbocycles. The molecule has 2 rings (SSSR count). The molecule has 1 fully saturated rings. The van der Waals surface area contributed by atoms with Crippen molar-refractivity contribution in [2.45, 2.75) is 38.1 Å². The van der Waals surface area contributed by atoms with Crippen LogP contribution in [0.1, 0.15) is 35.1 Å². The molecule has 2 heterocycles. The second kappa shape index (κ2) is 5.78. The maximum Gasteiger partial charge on any atom is 0.352 e. The number of H-pyrrole nitrogens is 1. The lowest BCUT2D eigenvalue weighted by Crippen LogP contribution is -2.38. The van der Waals surface area contributed by atoms with Gasteiger partial charge in [0.2, 0.25) is 10.0 Å². The third-order valence-corrected chi connectivity index (χ3v) is 5.70. The number of hydrogen-bond acceptors (Lipinski definition) is 4. The van der Waals surface area contributed by atoms with E-state index < -0.39 is 16.0 Å². The van der Waals surface area contributed by atoms with Crippen molar-refractivity contribution >= 4 is 16.0 Å². The van der Waals surface area contributed by atoms with E-state index in [1.165, 1.54) is 6.92 Å². The van der Waals surface area contributed by atoms with Crippen molar-refractivity contribution in [1.29, 1.82) is 0 Å². The van der Waals surface area contributed by atoms with Crippen molar-refractivity contribution < 1.29 is 23.1 Å². The van der Waals surface area contributed by atoms with Crippen LogP contribution in [-0.2, 0) is 14.8 Å². The minimum atomic E-state index is -3.77. The van der Waals surface area contributed by atoms with Crippen molar-refractivity contribution in [2.75, 3.05) is 13.2 Å². The Morgan fingerprint density at radius 2 is 2.14 bits per heavy atom. The zero-order valence-electron chi connectivity index (χ0n) is 12.3. The van der Waals surface area contributed by atoms with Crippen LogP contribution in [0.5, 0.6) is 0 Å². The highest BCUT2D eigenvalue weighted by molar-refractivity contribution is 7.89. The van der Waals surface area contributed by atoms with Gasteiger partial charge in [0.1, 0.15) is 10.6 Å². The van der Waals surface area contributed by atoms with Crippen molar-refractivity contribution in [1.82, 2.24) is 9.71 Å². The van der Waals surface area contributed by atoms with Gasteiger partial charge in [-0.2, -0.15) is 0 Å². The van der Waals surface area contributed by atoms with Gasteiger partial charge in [-0.05, 0) is 27.2 Å². The van der Waals surface area contributed by atoms with Gasteiger partial charge in [0.05, 0.1) is 6.61 Å². The first-order valence-corrected chi connectivity index (χ1v) is 8.25. The number of carbonyl (C=O) groups is 1. The molecule has 0 saturated carbocycles. The molecule has 1 aliphatic rings. The van der Waals surface area contributed by atoms with Crippen LogP contribution in [0.3, 0.4) is 0 Å². The molecule has 1 aromatic rings. The third-order valence-electron chi connectivity index (χ3n) is 3.86. The van der Waals surface area contributed by atoms with Crippen LogP contribution in [0.15, 0.2) is 4.90 Å². The highest BCUT2D eigenvalue weighted by Crippen LogP contribution is 2.25. The molecule has 8 heteroatoms. The standard InChI is InChI=1S/C13H20N2O5S/c1-7-11(13(16)17)14-9(3)12(7)21(18,19)15-8(2)10-4-5-20-6-10/h8,10,14-15H,4-6H2,1-3H3,(H,16,17). The lowest BCUT2D eigenvalue weighted by Gasteiger charge is -2.19. The maximum atomic E-state index is 12.5. The number of aromatic carboxylic acids is 1. The monoisotopic (exact) mass is 316 g/mol. The van der Waals surface area contributed by atoms with Crippen molar-refractivity contribution in [3.8, 4) is 0 Å². The topological polar surface area (TPSA) is 108 Å². The molecule has 1 saturated heterocycles. The summed E-state index contributed by atoms with van der Waals surface area (Å²) in [5.74, 6) is -1.03. The largest absolute Gasteiger partial charge is 0.477 e.